The van der Waals surface area contributed by atoms with Crippen LogP contribution in [0.25, 0.3) is 10.9 Å². The van der Waals surface area contributed by atoms with Gasteiger partial charge in [0.2, 0.25) is 0 Å². The molecule has 0 fully saturated rings. The van der Waals surface area contributed by atoms with E-state index in [0.29, 0.717) is 50.9 Å². The predicted octanol–water partition coefficient (Wildman–Crippen LogP) is 4.93. The maximum atomic E-state index is 12.9. The Balaban J connectivity index is 1.83. The molecule has 0 saturated carbocycles. The summed E-state index contributed by atoms with van der Waals surface area (Å²) in [7, 11) is 2.95. The molecule has 0 bridgehead atoms. The van der Waals surface area contributed by atoms with E-state index in [1.807, 2.05) is 12.1 Å². The molecule has 2 N–H and O–H groups in total. The first-order valence-corrected chi connectivity index (χ1v) is 10.7. The Labute approximate surface area is 190 Å². The van der Waals surface area contributed by atoms with Gasteiger partial charge in [-0.15, -0.1) is 24.2 Å². The van der Waals surface area contributed by atoms with Crippen LogP contribution in [-0.4, -0.2) is 43.6 Å². The van der Waals surface area contributed by atoms with E-state index in [9.17, 15) is 9.59 Å². The number of rotatable bonds is 4. The van der Waals surface area contributed by atoms with Crippen molar-refractivity contribution in [3.63, 3.8) is 0 Å². The lowest BCUT2D eigenvalue weighted by Gasteiger charge is -2.19. The highest BCUT2D eigenvalue weighted by molar-refractivity contribution is 7.80. The zero-order valence-electron chi connectivity index (χ0n) is 17.3. The maximum absolute atomic E-state index is 12.9. The second-order valence-corrected chi connectivity index (χ2v) is 8.14. The van der Waals surface area contributed by atoms with Crippen LogP contribution in [0.5, 0.6) is 5.75 Å². The molecule has 31 heavy (non-hydrogen) atoms. The smallest absolute Gasteiger partial charge is 0.419 e. The summed E-state index contributed by atoms with van der Waals surface area (Å²) < 4.78 is 10.8. The third-order valence-corrected chi connectivity index (χ3v) is 6.26. The van der Waals surface area contributed by atoms with Gasteiger partial charge in [0.25, 0.3) is 0 Å². The molecular weight excluding hydrogens is 438 g/mol. The fraction of sp³-hybridized carbons (Fsp3) is 0.273. The minimum absolute atomic E-state index is 0.0151. The van der Waals surface area contributed by atoms with Gasteiger partial charge in [-0.05, 0) is 24.6 Å². The number of hydrogen-bond acceptors (Lipinski definition) is 6. The lowest BCUT2D eigenvalue weighted by Crippen LogP contribution is -2.29. The molecule has 1 atom stereocenters. The molecular formula is C22H22ClN3O4S. The van der Waals surface area contributed by atoms with E-state index in [0.717, 1.165) is 11.3 Å². The van der Waals surface area contributed by atoms with Gasteiger partial charge in [-0.1, -0.05) is 12.1 Å². The van der Waals surface area contributed by atoms with E-state index >= 15 is 0 Å². The van der Waals surface area contributed by atoms with Crippen molar-refractivity contribution in [2.45, 2.75) is 17.7 Å². The van der Waals surface area contributed by atoms with Crippen molar-refractivity contribution in [2.24, 2.45) is 0 Å². The summed E-state index contributed by atoms with van der Waals surface area (Å²) in [4.78, 5) is 30.7. The van der Waals surface area contributed by atoms with Crippen LogP contribution in [0.2, 0.25) is 0 Å². The summed E-state index contributed by atoms with van der Waals surface area (Å²) in [5.74, 6) is 0.251. The van der Waals surface area contributed by atoms with Gasteiger partial charge in [0, 0.05) is 53.1 Å². The van der Waals surface area contributed by atoms with Crippen LogP contribution in [0.15, 0.2) is 35.2 Å². The van der Waals surface area contributed by atoms with Crippen molar-refractivity contribution in [3.8, 4) is 5.75 Å². The van der Waals surface area contributed by atoms with Crippen LogP contribution >= 0.6 is 24.2 Å². The van der Waals surface area contributed by atoms with Crippen molar-refractivity contribution in [3.05, 3.63) is 47.2 Å². The van der Waals surface area contributed by atoms with E-state index in [-0.39, 0.29) is 5.92 Å². The van der Waals surface area contributed by atoms with Crippen LogP contribution in [0.3, 0.4) is 0 Å². The monoisotopic (exact) mass is 459 g/mol. The second-order valence-electron chi connectivity index (χ2n) is 7.35. The van der Waals surface area contributed by atoms with E-state index in [1.165, 1.54) is 12.0 Å². The van der Waals surface area contributed by atoms with Gasteiger partial charge in [-0.3, -0.25) is 4.90 Å². The number of para-hydroxylation sites is 1. The number of thiol groups is 1. The minimum atomic E-state index is -0.582. The zero-order chi connectivity index (χ0) is 22.3. The summed E-state index contributed by atoms with van der Waals surface area (Å²) in [5, 5.41) is 3.97. The third-order valence-electron chi connectivity index (χ3n) is 5.51. The molecule has 9 heteroatoms. The number of carbonyl (C=O) groups is 2. The summed E-state index contributed by atoms with van der Waals surface area (Å²) in [6.07, 6.45) is -0.582. The Hall–Kier alpha value is -2.84. The molecule has 0 radical (unpaired) electrons. The number of methoxy groups -OCH3 is 1. The number of ether oxygens (including phenoxy) is 2. The summed E-state index contributed by atoms with van der Waals surface area (Å²) in [5.41, 5.74) is 3.91. The van der Waals surface area contributed by atoms with Gasteiger partial charge < -0.3 is 19.8 Å². The maximum Gasteiger partial charge on any atom is 0.419 e. The lowest BCUT2D eigenvalue weighted by molar-refractivity contribution is 0.0602. The predicted molar refractivity (Wildman–Crippen MR) is 124 cm³/mol. The Morgan fingerprint density at radius 2 is 2.06 bits per heavy atom. The fourth-order valence-electron chi connectivity index (χ4n) is 3.98. The molecule has 0 unspecified atom stereocenters. The highest BCUT2D eigenvalue weighted by Gasteiger charge is 2.32. The summed E-state index contributed by atoms with van der Waals surface area (Å²) in [6.45, 7) is 2.41. The first-order valence-electron chi connectivity index (χ1n) is 9.68. The Morgan fingerprint density at radius 3 is 2.74 bits per heavy atom. The molecule has 0 aliphatic carbocycles. The third kappa shape index (κ3) is 3.59. The first-order chi connectivity index (χ1) is 14.9. The van der Waals surface area contributed by atoms with Gasteiger partial charge in [-0.25, -0.2) is 9.59 Å². The largest absolute Gasteiger partial charge is 0.465 e. The Kier molecular flexibility index (Phi) is 5.77. The quantitative estimate of drug-likeness (QED) is 0.292. The molecule has 0 spiro atoms. The van der Waals surface area contributed by atoms with E-state index in [1.54, 1.807) is 32.2 Å². The number of aromatic amines is 1. The lowest BCUT2D eigenvalue weighted by atomic mass is 9.95. The van der Waals surface area contributed by atoms with Gasteiger partial charge >= 0.3 is 12.1 Å². The summed E-state index contributed by atoms with van der Waals surface area (Å²) in [6, 6.07) is 8.99. The number of amides is 1. The average Bonchev–Trinajstić information content (AvgIpc) is 3.33. The van der Waals surface area contributed by atoms with Crippen molar-refractivity contribution >= 4 is 58.6 Å². The molecule has 1 aromatic heterocycles. The second kappa shape index (κ2) is 8.36. The number of esters is 1. The number of alkyl halides is 1. The molecule has 1 aliphatic rings. The number of carbonyl (C=O) groups excluding carboxylic acids is 2. The molecule has 0 saturated heterocycles. The van der Waals surface area contributed by atoms with Gasteiger partial charge in [0.15, 0.2) is 5.75 Å². The standard InChI is InChI=1S/C22H22ClN3O4S/c1-11-17(21(27)29-3)19-18-12(9-23)10-24-13(18)8-15(20(19)25-11)30-22(28)26(2)14-6-4-5-7-16(14)31/h4-8,12,24-25,31H,9-10H2,1-3H3/t12-/m1/s1. The van der Waals surface area contributed by atoms with Crippen LogP contribution in [0.4, 0.5) is 16.2 Å². The Bertz CT molecular complexity index is 1190. The average molecular weight is 460 g/mol. The minimum Gasteiger partial charge on any atom is -0.465 e. The molecule has 2 aromatic carbocycles. The van der Waals surface area contributed by atoms with Gasteiger partial charge in [-0.2, -0.15) is 0 Å². The Morgan fingerprint density at radius 1 is 1.32 bits per heavy atom. The number of hydrogen-bond donors (Lipinski definition) is 3. The molecule has 3 aromatic rings. The van der Waals surface area contributed by atoms with E-state index in [2.05, 4.69) is 22.9 Å². The highest BCUT2D eigenvalue weighted by atomic mass is 35.5. The number of anilines is 2. The van der Waals surface area contributed by atoms with Crippen LogP contribution in [0, 0.1) is 6.92 Å². The molecule has 7 nitrogen and oxygen atoms in total. The zero-order valence-corrected chi connectivity index (χ0v) is 18.9. The number of aromatic nitrogens is 1. The van der Waals surface area contributed by atoms with Crippen LogP contribution in [0.1, 0.15) is 27.5 Å². The number of benzene rings is 2. The highest BCUT2D eigenvalue weighted by Crippen LogP contribution is 2.45. The van der Waals surface area contributed by atoms with E-state index in [4.69, 9.17) is 21.1 Å². The molecule has 4 rings (SSSR count). The van der Waals surface area contributed by atoms with Crippen LogP contribution < -0.4 is 15.0 Å². The molecule has 2 heterocycles. The van der Waals surface area contributed by atoms with Gasteiger partial charge in [0.1, 0.15) is 0 Å². The first kappa shape index (κ1) is 21.4. The topological polar surface area (TPSA) is 83.7 Å². The normalized spacial score (nSPS) is 14.8. The molecule has 1 aliphatic heterocycles. The number of aryl methyl sites for hydroxylation is 1. The number of H-pyrrole nitrogens is 1. The number of nitrogens with one attached hydrogen (secondary N) is 2. The number of fused-ring (bicyclic) bond motifs is 3. The molecule has 162 valence electrons. The van der Waals surface area contributed by atoms with Crippen molar-refractivity contribution in [1.29, 1.82) is 0 Å². The van der Waals surface area contributed by atoms with Crippen LogP contribution in [-0.2, 0) is 4.74 Å². The molecule has 1 amide bonds. The van der Waals surface area contributed by atoms with Crippen molar-refractivity contribution in [2.75, 3.05) is 36.8 Å². The van der Waals surface area contributed by atoms with Crippen molar-refractivity contribution < 1.29 is 19.1 Å². The fourth-order valence-corrected chi connectivity index (χ4v) is 4.55. The number of nitrogens with zero attached hydrogens (tertiary/aromatic N) is 1. The van der Waals surface area contributed by atoms with Crippen molar-refractivity contribution in [1.82, 2.24) is 4.98 Å². The number of halogens is 1. The van der Waals surface area contributed by atoms with E-state index < -0.39 is 12.1 Å². The van der Waals surface area contributed by atoms with Gasteiger partial charge in [0.05, 0.1) is 23.9 Å². The summed E-state index contributed by atoms with van der Waals surface area (Å²) >= 11 is 10.6. The SMILES string of the molecule is COC(=O)c1c(C)[nH]c2c(OC(=O)N(C)c3ccccc3S)cc3c(c12)[C@H](CCl)CN3.